The van der Waals surface area contributed by atoms with Gasteiger partial charge in [-0.15, -0.1) is 11.3 Å². The molecule has 0 saturated carbocycles. The molecule has 0 saturated heterocycles. The summed E-state index contributed by atoms with van der Waals surface area (Å²) in [5, 5.41) is 6.56. The maximum Gasteiger partial charge on any atom is 0.0410 e. The fraction of sp³-hybridized carbons (Fsp3) is 0.375. The predicted octanol–water partition coefficient (Wildman–Crippen LogP) is 5.84. The van der Waals surface area contributed by atoms with Gasteiger partial charge in [0.1, 0.15) is 0 Å². The van der Waals surface area contributed by atoms with Crippen LogP contribution < -0.4 is 5.32 Å². The fourth-order valence-electron chi connectivity index (χ4n) is 2.21. The van der Waals surface area contributed by atoms with Gasteiger partial charge in [-0.25, -0.2) is 0 Å². The normalized spacial score (nSPS) is 12.6. The largest absolute Gasteiger partial charge is 0.310 e. The third-order valence-electron chi connectivity index (χ3n) is 3.23. The minimum Gasteiger partial charge on any atom is -0.310 e. The number of hydrogen-bond acceptors (Lipinski definition) is 2. The summed E-state index contributed by atoms with van der Waals surface area (Å²) in [7, 11) is 0. The Morgan fingerprint density at radius 3 is 2.90 bits per heavy atom. The lowest BCUT2D eigenvalue weighted by Gasteiger charge is -2.20. The van der Waals surface area contributed by atoms with Crippen molar-refractivity contribution in [3.8, 4) is 0 Å². The van der Waals surface area contributed by atoms with Crippen molar-refractivity contribution >= 4 is 38.9 Å². The summed E-state index contributed by atoms with van der Waals surface area (Å²) in [6.45, 7) is 3.21. The topological polar surface area (TPSA) is 12.0 Å². The van der Waals surface area contributed by atoms with Crippen LogP contribution in [-0.2, 0) is 6.42 Å². The van der Waals surface area contributed by atoms with Gasteiger partial charge < -0.3 is 5.32 Å². The molecular formula is C16H19BrClNS. The first-order valence-corrected chi connectivity index (χ1v) is 8.96. The van der Waals surface area contributed by atoms with Gasteiger partial charge in [-0.05, 0) is 61.0 Å². The second-order valence-electron chi connectivity index (χ2n) is 4.79. The van der Waals surface area contributed by atoms with Crippen molar-refractivity contribution < 1.29 is 0 Å². The molecule has 0 radical (unpaired) electrons. The van der Waals surface area contributed by atoms with Crippen molar-refractivity contribution in [2.75, 3.05) is 6.54 Å². The summed E-state index contributed by atoms with van der Waals surface area (Å²) in [5.74, 6) is 0. The first-order chi connectivity index (χ1) is 9.70. The van der Waals surface area contributed by atoms with Gasteiger partial charge in [-0.2, -0.15) is 0 Å². The molecule has 0 amide bonds. The Hall–Kier alpha value is -0.350. The van der Waals surface area contributed by atoms with Crippen LogP contribution in [0.1, 0.15) is 36.2 Å². The van der Waals surface area contributed by atoms with Gasteiger partial charge in [0.15, 0.2) is 0 Å². The monoisotopic (exact) mass is 371 g/mol. The molecule has 108 valence electrons. The zero-order valence-corrected chi connectivity index (χ0v) is 14.7. The molecule has 1 aromatic heterocycles. The van der Waals surface area contributed by atoms with E-state index in [1.807, 2.05) is 23.5 Å². The van der Waals surface area contributed by atoms with E-state index in [9.17, 15) is 0 Å². The lowest BCUT2D eigenvalue weighted by atomic mass is 10.0. The van der Waals surface area contributed by atoms with Crippen molar-refractivity contribution in [2.45, 2.75) is 32.2 Å². The quantitative estimate of drug-likeness (QED) is 0.644. The first kappa shape index (κ1) is 16.0. The molecule has 0 fully saturated rings. The summed E-state index contributed by atoms with van der Waals surface area (Å²) >= 11 is 11.6. The highest BCUT2D eigenvalue weighted by Gasteiger charge is 2.14. The lowest BCUT2D eigenvalue weighted by molar-refractivity contribution is 0.499. The van der Waals surface area contributed by atoms with Crippen LogP contribution >= 0.6 is 38.9 Å². The Labute approximate surface area is 138 Å². The van der Waals surface area contributed by atoms with E-state index in [0.29, 0.717) is 6.04 Å². The molecule has 1 N–H and O–H groups in total. The van der Waals surface area contributed by atoms with Crippen LogP contribution in [0.25, 0.3) is 0 Å². The molecule has 1 nitrogen and oxygen atoms in total. The zero-order chi connectivity index (χ0) is 14.4. The van der Waals surface area contributed by atoms with E-state index in [1.54, 1.807) is 0 Å². The van der Waals surface area contributed by atoms with Crippen LogP contribution in [0.5, 0.6) is 0 Å². The number of thiophene rings is 1. The van der Waals surface area contributed by atoms with Crippen molar-refractivity contribution in [3.05, 3.63) is 55.6 Å². The highest BCUT2D eigenvalue weighted by Crippen LogP contribution is 2.30. The number of rotatable bonds is 7. The smallest absolute Gasteiger partial charge is 0.0410 e. The van der Waals surface area contributed by atoms with Gasteiger partial charge in [-0.1, -0.05) is 40.5 Å². The van der Waals surface area contributed by atoms with Gasteiger partial charge in [0.2, 0.25) is 0 Å². The predicted molar refractivity (Wildman–Crippen MR) is 92.8 cm³/mol. The molecule has 0 aliphatic carbocycles. The second kappa shape index (κ2) is 8.18. The van der Waals surface area contributed by atoms with Crippen LogP contribution in [0.2, 0.25) is 5.02 Å². The standard InChI is InChI=1S/C16H19BrClNS/c1-2-9-19-16(8-6-13-4-3-10-20-13)14-11-12(18)5-7-15(14)17/h3-5,7,10-11,16,19H,2,6,8-9H2,1H3. The van der Waals surface area contributed by atoms with E-state index in [-0.39, 0.29) is 0 Å². The lowest BCUT2D eigenvalue weighted by Crippen LogP contribution is -2.23. The molecule has 2 rings (SSSR count). The summed E-state index contributed by atoms with van der Waals surface area (Å²) < 4.78 is 1.13. The van der Waals surface area contributed by atoms with E-state index < -0.39 is 0 Å². The van der Waals surface area contributed by atoms with E-state index in [2.05, 4.69) is 51.7 Å². The minimum atomic E-state index is 0.338. The highest BCUT2D eigenvalue weighted by atomic mass is 79.9. The third kappa shape index (κ3) is 4.59. The average molecular weight is 373 g/mol. The maximum absolute atomic E-state index is 6.15. The molecule has 0 aliphatic rings. The molecule has 1 aromatic carbocycles. The molecule has 1 atom stereocenters. The van der Waals surface area contributed by atoms with Crippen LogP contribution in [0, 0.1) is 0 Å². The van der Waals surface area contributed by atoms with Crippen LogP contribution in [0.3, 0.4) is 0 Å². The molecule has 4 heteroatoms. The molecule has 20 heavy (non-hydrogen) atoms. The Kier molecular flexibility index (Phi) is 6.56. The minimum absolute atomic E-state index is 0.338. The summed E-state index contributed by atoms with van der Waals surface area (Å²) in [6.07, 6.45) is 3.31. The first-order valence-electron chi connectivity index (χ1n) is 6.91. The van der Waals surface area contributed by atoms with E-state index in [0.717, 1.165) is 35.3 Å². The van der Waals surface area contributed by atoms with Crippen molar-refractivity contribution in [1.82, 2.24) is 5.32 Å². The Bertz CT molecular complexity index is 527. The number of halogens is 2. The molecule has 0 aliphatic heterocycles. The van der Waals surface area contributed by atoms with Gasteiger partial charge in [0, 0.05) is 20.4 Å². The van der Waals surface area contributed by atoms with Crippen LogP contribution in [0.4, 0.5) is 0 Å². The fourth-order valence-corrected chi connectivity index (χ4v) is 3.64. The SMILES string of the molecule is CCCNC(CCc1cccs1)c1cc(Cl)ccc1Br. The van der Waals surface area contributed by atoms with E-state index in [1.165, 1.54) is 10.4 Å². The Morgan fingerprint density at radius 1 is 1.35 bits per heavy atom. The number of nitrogens with one attached hydrogen (secondary N) is 1. The summed E-state index contributed by atoms with van der Waals surface area (Å²) in [6, 6.07) is 10.7. The third-order valence-corrected chi connectivity index (χ3v) is 5.13. The van der Waals surface area contributed by atoms with Crippen molar-refractivity contribution in [2.24, 2.45) is 0 Å². The van der Waals surface area contributed by atoms with Crippen LogP contribution in [0.15, 0.2) is 40.2 Å². The van der Waals surface area contributed by atoms with Gasteiger partial charge in [-0.3, -0.25) is 0 Å². The summed E-state index contributed by atoms with van der Waals surface area (Å²) in [4.78, 5) is 1.44. The number of hydrogen-bond donors (Lipinski definition) is 1. The molecule has 0 spiro atoms. The summed E-state index contributed by atoms with van der Waals surface area (Å²) in [5.41, 5.74) is 1.25. The molecule has 0 bridgehead atoms. The van der Waals surface area contributed by atoms with Gasteiger partial charge in [0.25, 0.3) is 0 Å². The molecule has 2 aromatic rings. The highest BCUT2D eigenvalue weighted by molar-refractivity contribution is 9.10. The molecular weight excluding hydrogens is 354 g/mol. The van der Waals surface area contributed by atoms with Crippen molar-refractivity contribution in [1.29, 1.82) is 0 Å². The Morgan fingerprint density at radius 2 is 2.20 bits per heavy atom. The number of benzene rings is 1. The van der Waals surface area contributed by atoms with Gasteiger partial charge in [0.05, 0.1) is 0 Å². The maximum atomic E-state index is 6.15. The molecule has 1 heterocycles. The molecule has 1 unspecified atom stereocenters. The number of aryl methyl sites for hydroxylation is 1. The van der Waals surface area contributed by atoms with E-state index in [4.69, 9.17) is 11.6 Å². The zero-order valence-electron chi connectivity index (χ0n) is 11.5. The van der Waals surface area contributed by atoms with E-state index >= 15 is 0 Å². The Balaban J connectivity index is 2.11. The second-order valence-corrected chi connectivity index (χ2v) is 7.11. The average Bonchev–Trinajstić information content (AvgIpc) is 2.95. The van der Waals surface area contributed by atoms with Crippen molar-refractivity contribution in [3.63, 3.8) is 0 Å². The van der Waals surface area contributed by atoms with Crippen LogP contribution in [-0.4, -0.2) is 6.54 Å². The van der Waals surface area contributed by atoms with Gasteiger partial charge >= 0.3 is 0 Å².